The second kappa shape index (κ2) is 8.00. The van der Waals surface area contributed by atoms with Crippen molar-refractivity contribution in [1.29, 1.82) is 0 Å². The van der Waals surface area contributed by atoms with Gasteiger partial charge in [0.1, 0.15) is 0 Å². The first-order chi connectivity index (χ1) is 10.1. The molecule has 1 aromatic rings. The summed E-state index contributed by atoms with van der Waals surface area (Å²) >= 11 is 0. The fourth-order valence-electron chi connectivity index (χ4n) is 2.49. The normalized spacial score (nSPS) is 19.5. The van der Waals surface area contributed by atoms with Crippen LogP contribution >= 0.6 is 0 Å². The van der Waals surface area contributed by atoms with Crippen LogP contribution in [0.3, 0.4) is 0 Å². The molecule has 0 aliphatic carbocycles. The average molecular weight is 291 g/mol. The van der Waals surface area contributed by atoms with Crippen molar-refractivity contribution in [2.75, 3.05) is 38.1 Å². The number of nitrogens with zero attached hydrogens (tertiary/aromatic N) is 1. The third-order valence-corrected chi connectivity index (χ3v) is 3.37. The van der Waals surface area contributed by atoms with Gasteiger partial charge in [0.2, 0.25) is 0 Å². The monoisotopic (exact) mass is 291 g/mol. The fraction of sp³-hybridized carbons (Fsp3) is 0.562. The number of morpholine rings is 1. The van der Waals surface area contributed by atoms with Crippen molar-refractivity contribution in [3.63, 3.8) is 0 Å². The first-order valence-electron chi connectivity index (χ1n) is 7.57. The molecule has 116 valence electrons. The molecule has 0 saturated carbocycles. The second-order valence-electron chi connectivity index (χ2n) is 5.85. The Kier molecular flexibility index (Phi) is 6.02. The Hall–Kier alpha value is -1.59. The number of benzene rings is 1. The maximum atomic E-state index is 11.8. The molecule has 0 aromatic heterocycles. The molecule has 0 bridgehead atoms. The lowest BCUT2D eigenvalue weighted by Gasteiger charge is -2.33. The van der Waals surface area contributed by atoms with E-state index in [-0.39, 0.29) is 12.1 Å². The summed E-state index contributed by atoms with van der Waals surface area (Å²) in [6.07, 6.45) is 0.0685. The number of hydrogen-bond acceptors (Lipinski definition) is 3. The molecule has 1 aromatic carbocycles. The average Bonchev–Trinajstić information content (AvgIpc) is 2.46. The Morgan fingerprint density at radius 1 is 1.38 bits per heavy atom. The second-order valence-corrected chi connectivity index (χ2v) is 5.85. The highest BCUT2D eigenvalue weighted by Gasteiger charge is 2.21. The van der Waals surface area contributed by atoms with Crippen LogP contribution in [0.2, 0.25) is 0 Å². The molecule has 5 nitrogen and oxygen atoms in total. The topological polar surface area (TPSA) is 53.6 Å². The highest BCUT2D eigenvalue weighted by atomic mass is 16.5. The lowest BCUT2D eigenvalue weighted by Crippen LogP contribution is -2.48. The Morgan fingerprint density at radius 3 is 2.86 bits per heavy atom. The molecule has 1 atom stereocenters. The molecular formula is C16H25N3O2. The van der Waals surface area contributed by atoms with Crippen molar-refractivity contribution in [3.05, 3.63) is 30.3 Å². The molecule has 2 amide bonds. The van der Waals surface area contributed by atoms with E-state index in [1.165, 1.54) is 0 Å². The molecule has 21 heavy (non-hydrogen) atoms. The van der Waals surface area contributed by atoms with E-state index in [9.17, 15) is 4.79 Å². The van der Waals surface area contributed by atoms with Gasteiger partial charge >= 0.3 is 6.03 Å². The predicted octanol–water partition coefficient (Wildman–Crippen LogP) is 2.16. The number of carbonyl (C=O) groups is 1. The van der Waals surface area contributed by atoms with E-state index in [0.717, 1.165) is 31.9 Å². The van der Waals surface area contributed by atoms with E-state index < -0.39 is 0 Å². The Morgan fingerprint density at radius 2 is 2.14 bits per heavy atom. The van der Waals surface area contributed by atoms with Crippen LogP contribution in [0.25, 0.3) is 0 Å². The van der Waals surface area contributed by atoms with Gasteiger partial charge < -0.3 is 15.4 Å². The number of urea groups is 1. The van der Waals surface area contributed by atoms with Crippen LogP contribution in [-0.2, 0) is 4.74 Å². The van der Waals surface area contributed by atoms with Gasteiger partial charge in [0.05, 0.1) is 12.7 Å². The number of ether oxygens (including phenoxy) is 1. The zero-order chi connectivity index (χ0) is 15.1. The zero-order valence-corrected chi connectivity index (χ0v) is 12.8. The van der Waals surface area contributed by atoms with E-state index in [0.29, 0.717) is 12.5 Å². The summed E-state index contributed by atoms with van der Waals surface area (Å²) in [7, 11) is 0. The van der Waals surface area contributed by atoms with Crippen LogP contribution in [0.15, 0.2) is 30.3 Å². The van der Waals surface area contributed by atoms with E-state index in [2.05, 4.69) is 29.4 Å². The highest BCUT2D eigenvalue weighted by Crippen LogP contribution is 2.08. The number of hydrogen-bond donors (Lipinski definition) is 2. The van der Waals surface area contributed by atoms with Gasteiger partial charge in [-0.25, -0.2) is 4.79 Å². The number of nitrogens with one attached hydrogen (secondary N) is 2. The van der Waals surface area contributed by atoms with Gasteiger partial charge in [0.25, 0.3) is 0 Å². The molecule has 1 unspecified atom stereocenters. The quantitative estimate of drug-likeness (QED) is 0.874. The van der Waals surface area contributed by atoms with Gasteiger partial charge in [0, 0.05) is 31.9 Å². The van der Waals surface area contributed by atoms with E-state index in [4.69, 9.17) is 4.74 Å². The van der Waals surface area contributed by atoms with Gasteiger partial charge in [0.15, 0.2) is 0 Å². The number of amides is 2. The minimum atomic E-state index is -0.189. The molecule has 1 fully saturated rings. The predicted molar refractivity (Wildman–Crippen MR) is 84.5 cm³/mol. The SMILES string of the molecule is CC(C)CN1CCOC(CNC(=O)Nc2ccccc2)C1. The van der Waals surface area contributed by atoms with Gasteiger partial charge in [-0.3, -0.25) is 4.90 Å². The van der Waals surface area contributed by atoms with Crippen LogP contribution in [0.1, 0.15) is 13.8 Å². The summed E-state index contributed by atoms with van der Waals surface area (Å²) in [6.45, 7) is 8.64. The van der Waals surface area contributed by atoms with Crippen molar-refractivity contribution in [2.24, 2.45) is 5.92 Å². The molecule has 2 N–H and O–H groups in total. The lowest BCUT2D eigenvalue weighted by atomic mass is 10.2. The number of carbonyl (C=O) groups excluding carboxylic acids is 1. The third-order valence-electron chi connectivity index (χ3n) is 3.37. The van der Waals surface area contributed by atoms with Gasteiger partial charge in [-0.05, 0) is 18.1 Å². The lowest BCUT2D eigenvalue weighted by molar-refractivity contribution is -0.0288. The molecule has 1 saturated heterocycles. The largest absolute Gasteiger partial charge is 0.374 e. The van der Waals surface area contributed by atoms with Crippen molar-refractivity contribution in [3.8, 4) is 0 Å². The van der Waals surface area contributed by atoms with Crippen LogP contribution in [-0.4, -0.2) is 49.8 Å². The van der Waals surface area contributed by atoms with Crippen LogP contribution in [0, 0.1) is 5.92 Å². The Labute approximate surface area is 126 Å². The number of anilines is 1. The fourth-order valence-corrected chi connectivity index (χ4v) is 2.49. The highest BCUT2D eigenvalue weighted by molar-refractivity contribution is 5.89. The summed E-state index contributed by atoms with van der Waals surface area (Å²) in [5.41, 5.74) is 0.793. The van der Waals surface area contributed by atoms with Crippen LogP contribution < -0.4 is 10.6 Å². The number of para-hydroxylation sites is 1. The number of rotatable bonds is 5. The molecular weight excluding hydrogens is 266 g/mol. The van der Waals surface area contributed by atoms with Gasteiger partial charge in [-0.15, -0.1) is 0 Å². The van der Waals surface area contributed by atoms with Crippen molar-refractivity contribution < 1.29 is 9.53 Å². The van der Waals surface area contributed by atoms with Crippen LogP contribution in [0.4, 0.5) is 10.5 Å². The Bertz CT molecular complexity index is 436. The van der Waals surface area contributed by atoms with Crippen molar-refractivity contribution in [1.82, 2.24) is 10.2 Å². The minimum Gasteiger partial charge on any atom is -0.374 e. The van der Waals surface area contributed by atoms with Crippen LogP contribution in [0.5, 0.6) is 0 Å². The summed E-state index contributed by atoms with van der Waals surface area (Å²) in [5.74, 6) is 0.651. The maximum absolute atomic E-state index is 11.8. The third kappa shape index (κ3) is 5.73. The summed E-state index contributed by atoms with van der Waals surface area (Å²) in [5, 5.41) is 5.68. The zero-order valence-electron chi connectivity index (χ0n) is 12.8. The van der Waals surface area contributed by atoms with E-state index in [1.807, 2.05) is 30.3 Å². The minimum absolute atomic E-state index is 0.0685. The van der Waals surface area contributed by atoms with Gasteiger partial charge in [-0.2, -0.15) is 0 Å². The summed E-state index contributed by atoms with van der Waals surface area (Å²) in [4.78, 5) is 14.2. The molecule has 0 spiro atoms. The standard InChI is InChI=1S/C16H25N3O2/c1-13(2)11-19-8-9-21-15(12-19)10-17-16(20)18-14-6-4-3-5-7-14/h3-7,13,15H,8-12H2,1-2H3,(H2,17,18,20). The smallest absolute Gasteiger partial charge is 0.319 e. The molecule has 0 radical (unpaired) electrons. The van der Waals surface area contributed by atoms with Gasteiger partial charge in [-0.1, -0.05) is 32.0 Å². The van der Waals surface area contributed by atoms with Crippen molar-refractivity contribution in [2.45, 2.75) is 20.0 Å². The molecule has 1 aliphatic heterocycles. The first-order valence-corrected chi connectivity index (χ1v) is 7.57. The Balaban J connectivity index is 1.71. The molecule has 1 heterocycles. The van der Waals surface area contributed by atoms with E-state index in [1.54, 1.807) is 0 Å². The first kappa shape index (κ1) is 15.8. The summed E-state index contributed by atoms with van der Waals surface area (Å²) in [6, 6.07) is 9.24. The molecule has 2 rings (SSSR count). The van der Waals surface area contributed by atoms with Crippen molar-refractivity contribution >= 4 is 11.7 Å². The maximum Gasteiger partial charge on any atom is 0.319 e. The molecule has 1 aliphatic rings. The molecule has 5 heteroatoms. The van der Waals surface area contributed by atoms with E-state index >= 15 is 0 Å². The summed E-state index contributed by atoms with van der Waals surface area (Å²) < 4.78 is 5.71.